The molecular weight excluding hydrogens is 497 g/mol. The Kier molecular flexibility index (Phi) is 5.76. The van der Waals surface area contributed by atoms with Gasteiger partial charge in [0.2, 0.25) is 10.0 Å². The van der Waals surface area contributed by atoms with Crippen LogP contribution >= 0.6 is 11.3 Å². The van der Waals surface area contributed by atoms with Crippen molar-refractivity contribution in [3.63, 3.8) is 0 Å². The zero-order valence-corrected chi connectivity index (χ0v) is 20.6. The standard InChI is InChI=1S/C21H23FN7O4S2/c1-13-24-25-18(34-13)11-29-19(30)16-7-15(35(32,33)26-21(12-22)5-6-21)3-4-17(16)28(20(29)31)10-14-8-23-27(2)9-14/h3-4,7-9,15,26H,5-6,10-12H2,1-2H3/q+1. The van der Waals surface area contributed by atoms with Crippen LogP contribution in [-0.2, 0) is 35.0 Å². The van der Waals surface area contributed by atoms with Gasteiger partial charge >= 0.3 is 11.9 Å². The molecule has 0 bridgehead atoms. The second-order valence-corrected chi connectivity index (χ2v) is 12.0. The maximum Gasteiger partial charge on any atom is 0.502 e. The second kappa shape index (κ2) is 8.53. The molecule has 1 aliphatic heterocycles. The Hall–Kier alpha value is -3.10. The summed E-state index contributed by atoms with van der Waals surface area (Å²) >= 11 is 1.26. The normalized spacial score (nSPS) is 21.4. The van der Waals surface area contributed by atoms with Crippen LogP contribution in [0, 0.1) is 6.92 Å². The number of hydrogen-bond donors (Lipinski definition) is 1. The van der Waals surface area contributed by atoms with Crippen LogP contribution in [0.15, 0.2) is 36.2 Å². The highest BCUT2D eigenvalue weighted by molar-refractivity contribution is 7.90. The van der Waals surface area contributed by atoms with E-state index in [0.29, 0.717) is 28.6 Å². The molecule has 1 saturated carbocycles. The van der Waals surface area contributed by atoms with E-state index in [9.17, 15) is 22.4 Å². The average molecular weight is 521 g/mol. The molecule has 35 heavy (non-hydrogen) atoms. The van der Waals surface area contributed by atoms with Gasteiger partial charge in [0.1, 0.15) is 34.8 Å². The number of nitrogens with one attached hydrogen (secondary N) is 1. The molecule has 3 amide bonds. The van der Waals surface area contributed by atoms with E-state index in [2.05, 4.69) is 20.0 Å². The van der Waals surface area contributed by atoms with Crippen LogP contribution < -0.4 is 4.72 Å². The molecular formula is C21H23FN7O4S2+. The highest BCUT2D eigenvalue weighted by atomic mass is 32.2. The van der Waals surface area contributed by atoms with Crippen LogP contribution in [-0.4, -0.2) is 73.0 Å². The number of hydrogen-bond acceptors (Lipinski definition) is 8. The van der Waals surface area contributed by atoms with Crippen molar-refractivity contribution in [1.82, 2.24) is 29.6 Å². The lowest BCUT2D eigenvalue weighted by molar-refractivity contribution is -0.453. The van der Waals surface area contributed by atoms with E-state index in [0.717, 1.165) is 10.5 Å². The second-order valence-electron chi connectivity index (χ2n) is 8.85. The maximum atomic E-state index is 13.4. The highest BCUT2D eigenvalue weighted by Crippen LogP contribution is 2.37. The lowest BCUT2D eigenvalue weighted by atomic mass is 9.99. The van der Waals surface area contributed by atoms with Gasteiger partial charge in [-0.05, 0) is 31.9 Å². The number of rotatable bonds is 8. The Morgan fingerprint density at radius 2 is 2.09 bits per heavy atom. The minimum absolute atomic E-state index is 0.0812. The number of urea groups is 1. The molecule has 11 nitrogen and oxygen atoms in total. The van der Waals surface area contributed by atoms with Gasteiger partial charge in [-0.2, -0.15) is 14.5 Å². The summed E-state index contributed by atoms with van der Waals surface area (Å²) in [6, 6.07) is -0.558. The van der Waals surface area contributed by atoms with Gasteiger partial charge in [0.05, 0.1) is 11.7 Å². The van der Waals surface area contributed by atoms with Gasteiger partial charge < -0.3 is 0 Å². The first kappa shape index (κ1) is 23.6. The Morgan fingerprint density at radius 1 is 1.31 bits per heavy atom. The summed E-state index contributed by atoms with van der Waals surface area (Å²) in [7, 11) is -2.25. The summed E-state index contributed by atoms with van der Waals surface area (Å²) in [6.07, 6.45) is 8.39. The summed E-state index contributed by atoms with van der Waals surface area (Å²) in [6.45, 7) is 1.01. The summed E-state index contributed by atoms with van der Waals surface area (Å²) in [4.78, 5) is 27.9. The minimum atomic E-state index is -4.00. The van der Waals surface area contributed by atoms with Crippen LogP contribution in [0.3, 0.4) is 0 Å². The number of carbonyl (C=O) groups excluding carboxylic acids is 2. The molecule has 5 rings (SSSR count). The number of aromatic nitrogens is 4. The number of carbonyl (C=O) groups is 2. The molecule has 0 radical (unpaired) electrons. The SMILES string of the molecule is Cc1nnc(CN2C(=O)C3=CC(S(=O)(=O)NC4(CF)CC4)C=CC3=[N+](Cc3cnn(C)c3)C2=O)s1. The molecule has 2 aromatic rings. The molecule has 1 atom stereocenters. The predicted molar refractivity (Wildman–Crippen MR) is 124 cm³/mol. The first-order chi connectivity index (χ1) is 16.6. The van der Waals surface area contributed by atoms with Crippen LogP contribution in [0.5, 0.6) is 0 Å². The number of aryl methyl sites for hydroxylation is 2. The van der Waals surface area contributed by atoms with Crippen LogP contribution in [0.4, 0.5) is 9.18 Å². The van der Waals surface area contributed by atoms with Gasteiger partial charge in [-0.25, -0.2) is 22.3 Å². The van der Waals surface area contributed by atoms with Crippen molar-refractivity contribution in [3.8, 4) is 0 Å². The molecule has 3 heterocycles. The van der Waals surface area contributed by atoms with E-state index in [1.807, 2.05) is 0 Å². The first-order valence-corrected chi connectivity index (χ1v) is 13.2. The van der Waals surface area contributed by atoms with Crippen molar-refractivity contribution in [3.05, 3.63) is 51.8 Å². The molecule has 2 aromatic heterocycles. The van der Waals surface area contributed by atoms with Crippen molar-refractivity contribution in [1.29, 1.82) is 0 Å². The number of nitrogens with zero attached hydrogens (tertiary/aromatic N) is 6. The monoisotopic (exact) mass is 520 g/mol. The number of imide groups is 1. The fourth-order valence-corrected chi connectivity index (χ4v) is 6.32. The van der Waals surface area contributed by atoms with Crippen molar-refractivity contribution >= 4 is 39.0 Å². The highest BCUT2D eigenvalue weighted by Gasteiger charge is 2.49. The molecule has 0 aromatic carbocycles. The third-order valence-electron chi connectivity index (χ3n) is 6.07. The zero-order chi connectivity index (χ0) is 25.0. The molecule has 14 heteroatoms. The van der Waals surface area contributed by atoms with E-state index >= 15 is 0 Å². The Labute approximate surface area is 204 Å². The molecule has 1 fully saturated rings. The van der Waals surface area contributed by atoms with Gasteiger partial charge in [-0.1, -0.05) is 17.4 Å². The lowest BCUT2D eigenvalue weighted by Crippen LogP contribution is -2.51. The molecule has 0 spiro atoms. The van der Waals surface area contributed by atoms with Crippen LogP contribution in [0.2, 0.25) is 0 Å². The fraction of sp³-hybridized carbons (Fsp3) is 0.429. The summed E-state index contributed by atoms with van der Waals surface area (Å²) in [5.74, 6) is -0.628. The van der Waals surface area contributed by atoms with E-state index in [1.165, 1.54) is 34.1 Å². The number of allylic oxidation sites excluding steroid dienone is 1. The van der Waals surface area contributed by atoms with Crippen LogP contribution in [0.1, 0.15) is 28.4 Å². The van der Waals surface area contributed by atoms with Gasteiger partial charge in [-0.15, -0.1) is 15.1 Å². The largest absolute Gasteiger partial charge is 0.502 e. The third kappa shape index (κ3) is 4.48. The zero-order valence-electron chi connectivity index (χ0n) is 19.0. The van der Waals surface area contributed by atoms with E-state index < -0.39 is 39.4 Å². The molecule has 1 unspecified atom stereocenters. The lowest BCUT2D eigenvalue weighted by Gasteiger charge is -2.26. The van der Waals surface area contributed by atoms with Crippen molar-refractivity contribution < 1.29 is 27.0 Å². The molecule has 184 valence electrons. The Bertz CT molecular complexity index is 1420. The molecule has 1 N–H and O–H groups in total. The number of sulfonamides is 1. The van der Waals surface area contributed by atoms with E-state index in [4.69, 9.17) is 0 Å². The topological polar surface area (TPSA) is 130 Å². The summed E-state index contributed by atoms with van der Waals surface area (Å²) in [5, 5.41) is 12.1. The van der Waals surface area contributed by atoms with Gasteiger partial charge in [0.25, 0.3) is 0 Å². The quantitative estimate of drug-likeness (QED) is 0.514. The molecule has 3 aliphatic rings. The predicted octanol–water partition coefficient (Wildman–Crippen LogP) is 0.982. The van der Waals surface area contributed by atoms with Gasteiger partial charge in [0.15, 0.2) is 11.6 Å². The Morgan fingerprint density at radius 3 is 2.69 bits per heavy atom. The van der Waals surface area contributed by atoms with Gasteiger partial charge in [-0.3, -0.25) is 4.68 Å². The summed E-state index contributed by atoms with van der Waals surface area (Å²) < 4.78 is 44.8. The summed E-state index contributed by atoms with van der Waals surface area (Å²) in [5.41, 5.74) is 0.0528. The average Bonchev–Trinajstić information content (AvgIpc) is 3.26. The van der Waals surface area contributed by atoms with Crippen LogP contribution in [0.25, 0.3) is 0 Å². The third-order valence-corrected chi connectivity index (χ3v) is 8.62. The fourth-order valence-electron chi connectivity index (χ4n) is 4.02. The van der Waals surface area contributed by atoms with E-state index in [-0.39, 0.29) is 18.7 Å². The Balaban J connectivity index is 1.53. The van der Waals surface area contributed by atoms with Crippen molar-refractivity contribution in [2.75, 3.05) is 6.67 Å². The minimum Gasteiger partial charge on any atom is -0.275 e. The number of alkyl halides is 1. The van der Waals surface area contributed by atoms with Crippen molar-refractivity contribution in [2.45, 2.75) is 43.6 Å². The smallest absolute Gasteiger partial charge is 0.275 e. The van der Waals surface area contributed by atoms with E-state index in [1.54, 1.807) is 31.0 Å². The number of fused-ring (bicyclic) bond motifs is 1. The number of halogens is 1. The molecule has 0 saturated heterocycles. The molecule has 2 aliphatic carbocycles. The maximum absolute atomic E-state index is 13.4. The van der Waals surface area contributed by atoms with Gasteiger partial charge in [0, 0.05) is 18.8 Å². The van der Waals surface area contributed by atoms with Crippen molar-refractivity contribution in [2.24, 2.45) is 7.05 Å². The number of amides is 3. The first-order valence-electron chi connectivity index (χ1n) is 10.9.